The van der Waals surface area contributed by atoms with E-state index in [9.17, 15) is 0 Å². The third-order valence-corrected chi connectivity index (χ3v) is 11.0. The Morgan fingerprint density at radius 1 is 0.250 bits per heavy atom. The van der Waals surface area contributed by atoms with Crippen molar-refractivity contribution in [3.8, 4) is 17.1 Å². The average molecular weight is 664 g/mol. The molecule has 0 unspecified atom stereocenters. The van der Waals surface area contributed by atoms with Crippen LogP contribution in [0.5, 0.6) is 0 Å². The number of nitrogens with zero attached hydrogens (tertiary/aromatic N) is 3. The van der Waals surface area contributed by atoms with Crippen LogP contribution < -0.4 is 0 Å². The summed E-state index contributed by atoms with van der Waals surface area (Å²) in [7, 11) is 0. The summed E-state index contributed by atoms with van der Waals surface area (Å²) >= 11 is 0. The summed E-state index contributed by atoms with van der Waals surface area (Å²) < 4.78 is 13.4. The Balaban J connectivity index is 1.08. The van der Waals surface area contributed by atoms with Crippen LogP contribution in [0.4, 0.5) is 0 Å². The van der Waals surface area contributed by atoms with Gasteiger partial charge in [0.15, 0.2) is 0 Å². The fourth-order valence-electron chi connectivity index (χ4n) is 8.81. The lowest BCUT2D eigenvalue weighted by molar-refractivity contribution is 0.669. The second-order valence-corrected chi connectivity index (χ2v) is 13.8. The average Bonchev–Trinajstić information content (AvgIpc) is 3.93. The van der Waals surface area contributed by atoms with Crippen LogP contribution in [0.15, 0.2) is 180 Å². The number of hydrogen-bond acceptors (Lipinski definition) is 1. The van der Waals surface area contributed by atoms with Crippen LogP contribution in [0.3, 0.4) is 0 Å². The topological polar surface area (TPSA) is 27.9 Å². The first-order valence-electron chi connectivity index (χ1n) is 17.8. The fraction of sp³-hybridized carbons (Fsp3) is 0. The van der Waals surface area contributed by atoms with Crippen molar-refractivity contribution in [3.63, 3.8) is 0 Å². The van der Waals surface area contributed by atoms with Crippen molar-refractivity contribution in [2.24, 2.45) is 0 Å². The first-order valence-corrected chi connectivity index (χ1v) is 17.8. The van der Waals surface area contributed by atoms with Crippen LogP contribution in [0.25, 0.3) is 104 Å². The molecule has 8 aromatic carbocycles. The van der Waals surface area contributed by atoms with E-state index in [0.717, 1.165) is 39.0 Å². The molecule has 52 heavy (non-hydrogen) atoms. The molecular formula is C48H29N3O. The minimum absolute atomic E-state index is 0.903. The van der Waals surface area contributed by atoms with Gasteiger partial charge in [0.25, 0.3) is 0 Å². The standard InChI is InChI=1S/C48H29N3O/c1-6-16-41-33(11-1)34-12-2-7-17-42(34)49(41)30-21-24-45-38(27-30)35-13-3-8-18-43(35)50(45)31-22-25-46-39(28-31)36-14-4-9-19-44(36)51(46)32-23-26-48-40(29-32)37-15-5-10-20-47(37)52-48/h1-29H. The zero-order valence-electron chi connectivity index (χ0n) is 28.0. The second-order valence-electron chi connectivity index (χ2n) is 13.8. The van der Waals surface area contributed by atoms with Crippen molar-refractivity contribution in [1.29, 1.82) is 0 Å². The Morgan fingerprint density at radius 3 is 1.06 bits per heavy atom. The Kier molecular flexibility index (Phi) is 5.47. The predicted molar refractivity (Wildman–Crippen MR) is 217 cm³/mol. The van der Waals surface area contributed by atoms with E-state index >= 15 is 0 Å². The van der Waals surface area contributed by atoms with Crippen LogP contribution in [0.1, 0.15) is 0 Å². The lowest BCUT2D eigenvalue weighted by Gasteiger charge is -2.11. The summed E-state index contributed by atoms with van der Waals surface area (Å²) in [5.41, 5.74) is 12.4. The van der Waals surface area contributed by atoms with E-state index in [1.165, 1.54) is 65.4 Å². The predicted octanol–water partition coefficient (Wildman–Crippen LogP) is 12.9. The normalized spacial score (nSPS) is 12.2. The number of aromatic nitrogens is 3. The van der Waals surface area contributed by atoms with E-state index in [-0.39, 0.29) is 0 Å². The molecule has 0 aliphatic heterocycles. The molecule has 12 rings (SSSR count). The number of fused-ring (bicyclic) bond motifs is 12. The number of para-hydroxylation sites is 5. The van der Waals surface area contributed by atoms with E-state index in [1.807, 2.05) is 12.1 Å². The number of furan rings is 1. The third kappa shape index (κ3) is 3.70. The highest BCUT2D eigenvalue weighted by molar-refractivity contribution is 6.14. The molecule has 0 amide bonds. The summed E-state index contributed by atoms with van der Waals surface area (Å²) in [4.78, 5) is 0. The number of hydrogen-bond donors (Lipinski definition) is 0. The lowest BCUT2D eigenvalue weighted by atomic mass is 10.1. The summed E-state index contributed by atoms with van der Waals surface area (Å²) in [5.74, 6) is 0. The van der Waals surface area contributed by atoms with E-state index in [2.05, 4.69) is 177 Å². The third-order valence-electron chi connectivity index (χ3n) is 11.0. The van der Waals surface area contributed by atoms with Crippen LogP contribution in [-0.4, -0.2) is 13.7 Å². The van der Waals surface area contributed by atoms with Gasteiger partial charge in [-0.15, -0.1) is 0 Å². The molecule has 0 fully saturated rings. The van der Waals surface area contributed by atoms with Crippen LogP contribution >= 0.6 is 0 Å². The largest absolute Gasteiger partial charge is 0.456 e. The zero-order chi connectivity index (χ0) is 33.9. The highest BCUT2D eigenvalue weighted by Crippen LogP contribution is 2.40. The summed E-state index contributed by atoms with van der Waals surface area (Å²) in [6.07, 6.45) is 0. The second kappa shape index (κ2) is 10.3. The minimum atomic E-state index is 0.903. The molecule has 0 spiro atoms. The molecule has 4 heteroatoms. The van der Waals surface area contributed by atoms with Crippen molar-refractivity contribution in [1.82, 2.24) is 13.7 Å². The molecule has 0 saturated heterocycles. The van der Waals surface area contributed by atoms with E-state index in [0.29, 0.717) is 0 Å². The molecule has 0 N–H and O–H groups in total. The van der Waals surface area contributed by atoms with Gasteiger partial charge in [0.05, 0.1) is 33.1 Å². The Labute approximate surface area is 297 Å². The van der Waals surface area contributed by atoms with Gasteiger partial charge in [0.1, 0.15) is 11.2 Å². The molecule has 0 aliphatic rings. The fourth-order valence-corrected chi connectivity index (χ4v) is 8.81. The van der Waals surface area contributed by atoms with Gasteiger partial charge in [-0.1, -0.05) is 91.0 Å². The summed E-state index contributed by atoms with van der Waals surface area (Å²) in [6.45, 7) is 0. The number of benzene rings is 8. The maximum Gasteiger partial charge on any atom is 0.135 e. The lowest BCUT2D eigenvalue weighted by Crippen LogP contribution is -1.96. The number of rotatable bonds is 3. The van der Waals surface area contributed by atoms with E-state index in [1.54, 1.807) is 0 Å². The molecule has 0 aliphatic carbocycles. The molecule has 0 bridgehead atoms. The molecule has 0 saturated carbocycles. The van der Waals surface area contributed by atoms with Gasteiger partial charge in [-0.25, -0.2) is 0 Å². The highest BCUT2D eigenvalue weighted by Gasteiger charge is 2.19. The summed E-state index contributed by atoms with van der Waals surface area (Å²) in [6, 6.07) is 63.6. The first kappa shape index (κ1) is 27.7. The van der Waals surface area contributed by atoms with Crippen molar-refractivity contribution in [3.05, 3.63) is 176 Å². The van der Waals surface area contributed by atoms with Crippen LogP contribution in [-0.2, 0) is 0 Å². The smallest absolute Gasteiger partial charge is 0.135 e. The first-order chi connectivity index (χ1) is 25.8. The molecule has 4 nitrogen and oxygen atoms in total. The maximum absolute atomic E-state index is 6.18. The molecule has 4 heterocycles. The molecule has 12 aromatic rings. The molecule has 0 atom stereocenters. The van der Waals surface area contributed by atoms with Crippen molar-refractivity contribution in [2.75, 3.05) is 0 Å². The van der Waals surface area contributed by atoms with Crippen molar-refractivity contribution < 1.29 is 4.42 Å². The van der Waals surface area contributed by atoms with Crippen LogP contribution in [0.2, 0.25) is 0 Å². The molecule has 242 valence electrons. The zero-order valence-corrected chi connectivity index (χ0v) is 28.0. The summed E-state index contributed by atoms with van der Waals surface area (Å²) in [5, 5.41) is 9.72. The van der Waals surface area contributed by atoms with E-state index < -0.39 is 0 Å². The quantitative estimate of drug-likeness (QED) is 0.185. The van der Waals surface area contributed by atoms with Crippen molar-refractivity contribution >= 4 is 87.4 Å². The van der Waals surface area contributed by atoms with Gasteiger partial charge in [0, 0.05) is 60.2 Å². The van der Waals surface area contributed by atoms with Gasteiger partial charge in [0.2, 0.25) is 0 Å². The van der Waals surface area contributed by atoms with Gasteiger partial charge < -0.3 is 18.1 Å². The van der Waals surface area contributed by atoms with Gasteiger partial charge in [-0.3, -0.25) is 0 Å². The van der Waals surface area contributed by atoms with Crippen molar-refractivity contribution in [2.45, 2.75) is 0 Å². The van der Waals surface area contributed by atoms with Gasteiger partial charge in [-0.2, -0.15) is 0 Å². The Bertz CT molecular complexity index is 3370. The van der Waals surface area contributed by atoms with Crippen LogP contribution in [0, 0.1) is 0 Å². The highest BCUT2D eigenvalue weighted by atomic mass is 16.3. The monoisotopic (exact) mass is 663 g/mol. The minimum Gasteiger partial charge on any atom is -0.456 e. The maximum atomic E-state index is 6.18. The Morgan fingerprint density at radius 2 is 0.577 bits per heavy atom. The van der Waals surface area contributed by atoms with Gasteiger partial charge >= 0.3 is 0 Å². The molecule has 4 aromatic heterocycles. The Hall–Kier alpha value is -7.04. The molecular weight excluding hydrogens is 635 g/mol. The SMILES string of the molecule is c1ccc2c(c1)oc1ccc(-n3c4ccccc4c4cc(-n5c6ccccc6c6cc(-n7c8ccccc8c8ccccc87)ccc65)ccc43)cc12. The van der Waals surface area contributed by atoms with E-state index in [4.69, 9.17) is 4.42 Å². The molecule has 0 radical (unpaired) electrons. The van der Waals surface area contributed by atoms with Gasteiger partial charge in [-0.05, 0) is 84.9 Å².